The molecule has 1 aliphatic rings. The van der Waals surface area contributed by atoms with Crippen LogP contribution in [0.4, 0.5) is 10.5 Å². The number of likely N-dealkylation sites (tertiary alicyclic amines) is 1. The van der Waals surface area contributed by atoms with Crippen LogP contribution in [-0.4, -0.2) is 48.5 Å². The van der Waals surface area contributed by atoms with Crippen LogP contribution in [0, 0.1) is 0 Å². The highest BCUT2D eigenvalue weighted by molar-refractivity contribution is 5.92. The third kappa shape index (κ3) is 5.97. The van der Waals surface area contributed by atoms with Gasteiger partial charge in [-0.25, -0.2) is 9.59 Å². The van der Waals surface area contributed by atoms with Gasteiger partial charge in [0.25, 0.3) is 5.91 Å². The Morgan fingerprint density at radius 3 is 2.53 bits per heavy atom. The molecule has 158 valence electrons. The Morgan fingerprint density at radius 1 is 1.17 bits per heavy atom. The van der Waals surface area contributed by atoms with Gasteiger partial charge in [-0.1, -0.05) is 12.1 Å². The van der Waals surface area contributed by atoms with Crippen molar-refractivity contribution < 1.29 is 23.5 Å². The van der Waals surface area contributed by atoms with Crippen LogP contribution in [0.3, 0.4) is 0 Å². The molecule has 8 nitrogen and oxygen atoms in total. The number of ether oxygens (including phenoxy) is 1. The number of benzene rings is 1. The number of nitrogens with zero attached hydrogens (tertiary/aromatic N) is 1. The van der Waals surface area contributed by atoms with Crippen LogP contribution in [0.2, 0.25) is 0 Å². The van der Waals surface area contributed by atoms with Gasteiger partial charge in [-0.3, -0.25) is 4.79 Å². The van der Waals surface area contributed by atoms with Gasteiger partial charge in [0.1, 0.15) is 0 Å². The van der Waals surface area contributed by atoms with Crippen molar-refractivity contribution >= 4 is 29.7 Å². The molecule has 1 aromatic carbocycles. The maximum atomic E-state index is 12.3. The quantitative estimate of drug-likeness (QED) is 0.561. The highest BCUT2D eigenvalue weighted by Gasteiger charge is 2.25. The number of rotatable bonds is 6. The smallest absolute Gasteiger partial charge is 0.330 e. The molecule has 0 bridgehead atoms. The average Bonchev–Trinajstić information content (AvgIpc) is 3.28. The highest BCUT2D eigenvalue weighted by atomic mass is 16.5. The molecule has 0 radical (unpaired) electrons. The molecule has 1 aliphatic heterocycles. The number of nitrogens with one attached hydrogen (secondary N) is 2. The number of furan rings is 1. The van der Waals surface area contributed by atoms with Gasteiger partial charge in [0.05, 0.1) is 12.9 Å². The van der Waals surface area contributed by atoms with Gasteiger partial charge in [0.2, 0.25) is 0 Å². The van der Waals surface area contributed by atoms with E-state index in [4.69, 9.17) is 9.15 Å². The van der Waals surface area contributed by atoms with E-state index < -0.39 is 5.97 Å². The van der Waals surface area contributed by atoms with Crippen LogP contribution in [0.5, 0.6) is 0 Å². The number of carbonyl (C=O) groups excluding carboxylic acids is 3. The minimum Gasteiger partial charge on any atom is -0.463 e. The first-order chi connectivity index (χ1) is 14.5. The lowest BCUT2D eigenvalue weighted by atomic mass is 10.0. The number of hydrogen-bond donors (Lipinski definition) is 2. The van der Waals surface area contributed by atoms with Crippen LogP contribution in [0.25, 0.3) is 6.08 Å². The van der Waals surface area contributed by atoms with Crippen molar-refractivity contribution in [3.05, 3.63) is 60.1 Å². The molecular weight excluding hydrogens is 386 g/mol. The Labute approximate surface area is 174 Å². The minimum atomic E-state index is -0.393. The summed E-state index contributed by atoms with van der Waals surface area (Å²) in [6.45, 7) is 3.21. The molecule has 3 amide bonds. The Hall–Kier alpha value is -3.55. The van der Waals surface area contributed by atoms with Crippen molar-refractivity contribution in [3.63, 3.8) is 0 Å². The second kappa shape index (κ2) is 10.3. The number of anilines is 1. The van der Waals surface area contributed by atoms with Gasteiger partial charge in [0.15, 0.2) is 5.76 Å². The first kappa shape index (κ1) is 21.2. The monoisotopic (exact) mass is 411 g/mol. The zero-order valence-electron chi connectivity index (χ0n) is 16.8. The van der Waals surface area contributed by atoms with Crippen molar-refractivity contribution in [2.75, 3.05) is 25.0 Å². The van der Waals surface area contributed by atoms with Crippen molar-refractivity contribution in [3.8, 4) is 0 Å². The number of piperidine rings is 1. The summed E-state index contributed by atoms with van der Waals surface area (Å²) in [6.07, 6.45) is 5.85. The summed E-state index contributed by atoms with van der Waals surface area (Å²) >= 11 is 0. The lowest BCUT2D eigenvalue weighted by molar-refractivity contribution is -0.137. The molecular formula is C22H25N3O5. The molecule has 0 saturated carbocycles. The summed E-state index contributed by atoms with van der Waals surface area (Å²) in [4.78, 5) is 37.6. The molecule has 0 spiro atoms. The Kier molecular flexibility index (Phi) is 7.26. The Bertz CT molecular complexity index is 882. The van der Waals surface area contributed by atoms with E-state index in [1.54, 1.807) is 54.3 Å². The van der Waals surface area contributed by atoms with E-state index in [1.807, 2.05) is 0 Å². The number of urea groups is 1. The molecule has 0 atom stereocenters. The molecule has 2 heterocycles. The molecule has 2 aromatic rings. The van der Waals surface area contributed by atoms with Gasteiger partial charge in [0, 0.05) is 30.9 Å². The van der Waals surface area contributed by atoms with E-state index in [9.17, 15) is 14.4 Å². The predicted molar refractivity (Wildman–Crippen MR) is 112 cm³/mol. The molecule has 1 saturated heterocycles. The van der Waals surface area contributed by atoms with Crippen LogP contribution in [0.15, 0.2) is 53.2 Å². The largest absolute Gasteiger partial charge is 0.463 e. The van der Waals surface area contributed by atoms with Crippen molar-refractivity contribution in [2.24, 2.45) is 0 Å². The summed E-state index contributed by atoms with van der Waals surface area (Å²) in [5.41, 5.74) is 1.47. The number of carbonyl (C=O) groups is 3. The van der Waals surface area contributed by atoms with Crippen molar-refractivity contribution in [2.45, 2.75) is 25.8 Å². The van der Waals surface area contributed by atoms with E-state index >= 15 is 0 Å². The first-order valence-corrected chi connectivity index (χ1v) is 9.90. The van der Waals surface area contributed by atoms with Crippen LogP contribution >= 0.6 is 0 Å². The Morgan fingerprint density at radius 2 is 1.90 bits per heavy atom. The Balaban J connectivity index is 1.42. The predicted octanol–water partition coefficient (Wildman–Crippen LogP) is 3.28. The topological polar surface area (TPSA) is 101 Å². The van der Waals surface area contributed by atoms with E-state index in [1.165, 1.54) is 12.3 Å². The van der Waals surface area contributed by atoms with Crippen LogP contribution in [0.1, 0.15) is 35.9 Å². The lowest BCUT2D eigenvalue weighted by Gasteiger charge is -2.31. The molecule has 0 aliphatic carbocycles. The van der Waals surface area contributed by atoms with Crippen LogP contribution in [-0.2, 0) is 9.53 Å². The van der Waals surface area contributed by atoms with E-state index in [0.29, 0.717) is 44.0 Å². The third-order valence-corrected chi connectivity index (χ3v) is 4.72. The first-order valence-electron chi connectivity index (χ1n) is 9.90. The lowest BCUT2D eigenvalue weighted by Crippen LogP contribution is -2.47. The maximum Gasteiger partial charge on any atom is 0.330 e. The van der Waals surface area contributed by atoms with Gasteiger partial charge in [-0.15, -0.1) is 0 Å². The van der Waals surface area contributed by atoms with Crippen LogP contribution < -0.4 is 10.6 Å². The molecule has 2 N–H and O–H groups in total. The molecule has 0 unspecified atom stereocenters. The van der Waals surface area contributed by atoms with E-state index in [0.717, 1.165) is 5.56 Å². The van der Waals surface area contributed by atoms with Gasteiger partial charge >= 0.3 is 12.0 Å². The van der Waals surface area contributed by atoms with Crippen molar-refractivity contribution in [1.29, 1.82) is 0 Å². The van der Waals surface area contributed by atoms with E-state index in [-0.39, 0.29) is 18.0 Å². The fraction of sp³-hybridized carbons (Fsp3) is 0.318. The SMILES string of the molecule is CCOC(=O)/C=C/c1ccc(NC(=O)NC2CCN(C(=O)c3ccco3)CC2)cc1. The second-order valence-corrected chi connectivity index (χ2v) is 6.85. The fourth-order valence-electron chi connectivity index (χ4n) is 3.17. The summed E-state index contributed by atoms with van der Waals surface area (Å²) in [6, 6.07) is 10.2. The second-order valence-electron chi connectivity index (χ2n) is 6.85. The molecule has 1 aromatic heterocycles. The fourth-order valence-corrected chi connectivity index (χ4v) is 3.17. The molecule has 8 heteroatoms. The van der Waals surface area contributed by atoms with E-state index in [2.05, 4.69) is 10.6 Å². The standard InChI is InChI=1S/C22H25N3O5/c1-2-29-20(26)10-7-16-5-8-17(9-6-16)23-22(28)24-18-11-13-25(14-12-18)21(27)19-4-3-15-30-19/h3-10,15,18H,2,11-14H2,1H3,(H2,23,24,28)/b10-7+. The summed E-state index contributed by atoms with van der Waals surface area (Å²) in [5.74, 6) is -0.185. The summed E-state index contributed by atoms with van der Waals surface area (Å²) in [7, 11) is 0. The van der Waals surface area contributed by atoms with Gasteiger partial charge in [-0.05, 0) is 55.7 Å². The number of esters is 1. The maximum absolute atomic E-state index is 12.3. The van der Waals surface area contributed by atoms with Gasteiger partial charge in [-0.2, -0.15) is 0 Å². The molecule has 3 rings (SSSR count). The summed E-state index contributed by atoms with van der Waals surface area (Å²) < 4.78 is 9.99. The third-order valence-electron chi connectivity index (χ3n) is 4.72. The number of amides is 3. The van der Waals surface area contributed by atoms with Crippen molar-refractivity contribution in [1.82, 2.24) is 10.2 Å². The highest BCUT2D eigenvalue weighted by Crippen LogP contribution is 2.15. The zero-order chi connectivity index (χ0) is 21.3. The summed E-state index contributed by atoms with van der Waals surface area (Å²) in [5, 5.41) is 5.74. The normalized spacial score (nSPS) is 14.5. The number of hydrogen-bond acceptors (Lipinski definition) is 5. The van der Waals surface area contributed by atoms with Gasteiger partial charge < -0.3 is 24.7 Å². The minimum absolute atomic E-state index is 0.00237. The molecule has 30 heavy (non-hydrogen) atoms. The average molecular weight is 411 g/mol. The molecule has 1 fully saturated rings. The zero-order valence-corrected chi connectivity index (χ0v) is 16.8.